The van der Waals surface area contributed by atoms with Gasteiger partial charge in [0.15, 0.2) is 22.9 Å². The van der Waals surface area contributed by atoms with Gasteiger partial charge in [0.05, 0.1) is 19.9 Å². The van der Waals surface area contributed by atoms with Crippen LogP contribution in [0, 0.1) is 0 Å². The molecule has 0 saturated heterocycles. The van der Waals surface area contributed by atoms with Crippen LogP contribution in [0.4, 0.5) is 13.2 Å². The molecule has 3 rings (SSSR count). The molecule has 0 unspecified atom stereocenters. The first-order valence-corrected chi connectivity index (χ1v) is 8.21. The Balaban J connectivity index is 2.13. The third-order valence-corrected chi connectivity index (χ3v) is 4.39. The Morgan fingerprint density at radius 3 is 2.44 bits per heavy atom. The van der Waals surface area contributed by atoms with E-state index in [2.05, 4.69) is 10.1 Å². The van der Waals surface area contributed by atoms with E-state index in [9.17, 15) is 18.0 Å². The average molecular weight is 399 g/mol. The van der Waals surface area contributed by atoms with Crippen molar-refractivity contribution < 1.29 is 32.5 Å². The van der Waals surface area contributed by atoms with E-state index in [1.807, 2.05) is 0 Å². The number of benzene rings is 1. The van der Waals surface area contributed by atoms with E-state index in [1.165, 1.54) is 20.3 Å². The number of aromatic nitrogens is 3. The molecule has 11 heteroatoms. The monoisotopic (exact) mass is 399 g/mol. The van der Waals surface area contributed by atoms with Gasteiger partial charge in [-0.15, -0.1) is 11.3 Å². The highest BCUT2D eigenvalue weighted by Crippen LogP contribution is 2.37. The number of rotatable bonds is 5. The zero-order valence-corrected chi connectivity index (χ0v) is 14.8. The number of hydrogen-bond acceptors (Lipinski definition) is 6. The minimum Gasteiger partial charge on any atom is -0.493 e. The SMILES string of the molecule is COc1ccc(-c2cc(C(F)(F)F)n(-c3nc(C(=O)O)cs3)n2)cc1OC. The lowest BCUT2D eigenvalue weighted by Crippen LogP contribution is -2.13. The number of nitrogens with zero attached hydrogens (tertiary/aromatic N) is 3. The third-order valence-electron chi connectivity index (χ3n) is 3.57. The maximum atomic E-state index is 13.4. The predicted octanol–water partition coefficient (Wildman–Crippen LogP) is 3.73. The standard InChI is InChI=1S/C16H12F3N3O4S/c1-25-11-4-3-8(5-12(11)26-2)9-6-13(16(17,18)19)22(21-9)15-20-10(7-27-15)14(23)24/h3-7H,1-2H3,(H,23,24). The van der Waals surface area contributed by atoms with Gasteiger partial charge < -0.3 is 14.6 Å². The minimum atomic E-state index is -4.71. The van der Waals surface area contributed by atoms with Crippen molar-refractivity contribution >= 4 is 17.3 Å². The molecule has 0 aliphatic rings. The Kier molecular flexibility index (Phi) is 4.79. The quantitative estimate of drug-likeness (QED) is 0.704. The lowest BCUT2D eigenvalue weighted by molar-refractivity contribution is -0.142. The topological polar surface area (TPSA) is 86.5 Å². The van der Waals surface area contributed by atoms with E-state index in [4.69, 9.17) is 14.6 Å². The van der Waals surface area contributed by atoms with E-state index in [1.54, 1.807) is 12.1 Å². The molecular formula is C16H12F3N3O4S. The number of carboxylic acid groups (broad SMARTS) is 1. The van der Waals surface area contributed by atoms with Gasteiger partial charge in [-0.3, -0.25) is 0 Å². The van der Waals surface area contributed by atoms with Crippen molar-refractivity contribution in [2.24, 2.45) is 0 Å². The van der Waals surface area contributed by atoms with Crippen LogP contribution in [0.1, 0.15) is 16.2 Å². The largest absolute Gasteiger partial charge is 0.493 e. The summed E-state index contributed by atoms with van der Waals surface area (Å²) in [6.45, 7) is 0. The maximum absolute atomic E-state index is 13.4. The van der Waals surface area contributed by atoms with Crippen molar-refractivity contribution in [1.29, 1.82) is 0 Å². The molecule has 0 aliphatic carbocycles. The van der Waals surface area contributed by atoms with Crippen molar-refractivity contribution in [3.8, 4) is 27.9 Å². The van der Waals surface area contributed by atoms with E-state index in [0.29, 0.717) is 21.7 Å². The first-order valence-electron chi connectivity index (χ1n) is 7.33. The Morgan fingerprint density at radius 2 is 1.89 bits per heavy atom. The fraction of sp³-hybridized carbons (Fsp3) is 0.188. The number of alkyl halides is 3. The van der Waals surface area contributed by atoms with E-state index >= 15 is 0 Å². The highest BCUT2D eigenvalue weighted by Gasteiger charge is 2.37. The summed E-state index contributed by atoms with van der Waals surface area (Å²) < 4.78 is 51.2. The van der Waals surface area contributed by atoms with Crippen LogP contribution < -0.4 is 9.47 Å². The molecule has 7 nitrogen and oxygen atoms in total. The molecule has 0 amide bonds. The molecular weight excluding hydrogens is 387 g/mol. The maximum Gasteiger partial charge on any atom is 0.433 e. The molecule has 1 N–H and O–H groups in total. The molecule has 0 saturated carbocycles. The smallest absolute Gasteiger partial charge is 0.433 e. The van der Waals surface area contributed by atoms with Crippen LogP contribution in [0.25, 0.3) is 16.4 Å². The number of hydrogen-bond donors (Lipinski definition) is 1. The Hall–Kier alpha value is -3.08. The van der Waals surface area contributed by atoms with E-state index in [-0.39, 0.29) is 16.5 Å². The van der Waals surface area contributed by atoms with E-state index < -0.39 is 17.8 Å². The summed E-state index contributed by atoms with van der Waals surface area (Å²) in [6, 6.07) is 5.45. The zero-order chi connectivity index (χ0) is 19.8. The molecule has 0 fully saturated rings. The summed E-state index contributed by atoms with van der Waals surface area (Å²) in [7, 11) is 2.85. The van der Waals surface area contributed by atoms with Crippen LogP contribution in [-0.4, -0.2) is 40.1 Å². The summed E-state index contributed by atoms with van der Waals surface area (Å²) in [5, 5.41) is 13.9. The van der Waals surface area contributed by atoms with Gasteiger partial charge in [0, 0.05) is 10.9 Å². The molecule has 0 aliphatic heterocycles. The second-order valence-corrected chi connectivity index (χ2v) is 6.05. The molecule has 1 aromatic carbocycles. The highest BCUT2D eigenvalue weighted by molar-refractivity contribution is 7.12. The number of carboxylic acids is 1. The van der Waals surface area contributed by atoms with Crippen LogP contribution in [0.3, 0.4) is 0 Å². The molecule has 142 valence electrons. The third kappa shape index (κ3) is 3.58. The number of aromatic carboxylic acids is 1. The summed E-state index contributed by atoms with van der Waals surface area (Å²) in [6.07, 6.45) is -4.71. The molecule has 3 aromatic rings. The predicted molar refractivity (Wildman–Crippen MR) is 89.7 cm³/mol. The second kappa shape index (κ2) is 6.91. The summed E-state index contributed by atoms with van der Waals surface area (Å²) in [4.78, 5) is 14.6. The number of thiazole rings is 1. The number of ether oxygens (including phenoxy) is 2. The van der Waals surface area contributed by atoms with Crippen molar-refractivity contribution in [3.63, 3.8) is 0 Å². The van der Waals surface area contributed by atoms with Crippen molar-refractivity contribution in [3.05, 3.63) is 41.0 Å². The summed E-state index contributed by atoms with van der Waals surface area (Å²) in [5.41, 5.74) is -1.04. The number of methoxy groups -OCH3 is 2. The molecule has 2 heterocycles. The molecule has 0 radical (unpaired) electrons. The van der Waals surface area contributed by atoms with Gasteiger partial charge in [0.25, 0.3) is 0 Å². The first-order chi connectivity index (χ1) is 12.7. The van der Waals surface area contributed by atoms with E-state index in [0.717, 1.165) is 22.8 Å². The van der Waals surface area contributed by atoms with Crippen LogP contribution in [0.2, 0.25) is 0 Å². The summed E-state index contributed by atoms with van der Waals surface area (Å²) >= 11 is 0.747. The van der Waals surface area contributed by atoms with Gasteiger partial charge in [-0.05, 0) is 24.3 Å². The van der Waals surface area contributed by atoms with Gasteiger partial charge in [-0.2, -0.15) is 18.3 Å². The van der Waals surface area contributed by atoms with Crippen LogP contribution in [-0.2, 0) is 6.18 Å². The Labute approximate surface area is 154 Å². The molecule has 0 atom stereocenters. The Bertz CT molecular complexity index is 997. The Morgan fingerprint density at radius 1 is 1.19 bits per heavy atom. The summed E-state index contributed by atoms with van der Waals surface area (Å²) in [5.74, 6) is -0.582. The van der Waals surface area contributed by atoms with Crippen molar-refractivity contribution in [1.82, 2.24) is 14.8 Å². The fourth-order valence-electron chi connectivity index (χ4n) is 2.33. The van der Waals surface area contributed by atoms with Gasteiger partial charge in [0.2, 0.25) is 5.13 Å². The van der Waals surface area contributed by atoms with Crippen LogP contribution in [0.15, 0.2) is 29.6 Å². The molecule has 27 heavy (non-hydrogen) atoms. The lowest BCUT2D eigenvalue weighted by atomic mass is 10.1. The number of halogens is 3. The highest BCUT2D eigenvalue weighted by atomic mass is 32.1. The van der Waals surface area contributed by atoms with Crippen LogP contribution >= 0.6 is 11.3 Å². The molecule has 2 aromatic heterocycles. The fourth-order valence-corrected chi connectivity index (χ4v) is 3.09. The normalized spacial score (nSPS) is 11.4. The minimum absolute atomic E-state index is 0.0235. The number of carbonyl (C=O) groups is 1. The molecule has 0 spiro atoms. The molecule has 0 bridgehead atoms. The zero-order valence-electron chi connectivity index (χ0n) is 13.9. The van der Waals surface area contributed by atoms with Gasteiger partial charge in [-0.25, -0.2) is 14.5 Å². The first kappa shape index (κ1) is 18.7. The van der Waals surface area contributed by atoms with Gasteiger partial charge in [0.1, 0.15) is 0 Å². The van der Waals surface area contributed by atoms with Gasteiger partial charge >= 0.3 is 12.1 Å². The lowest BCUT2D eigenvalue weighted by Gasteiger charge is -2.08. The average Bonchev–Trinajstić information content (AvgIpc) is 3.27. The van der Waals surface area contributed by atoms with Gasteiger partial charge in [-0.1, -0.05) is 0 Å². The van der Waals surface area contributed by atoms with Crippen LogP contribution in [0.5, 0.6) is 11.5 Å². The second-order valence-electron chi connectivity index (χ2n) is 5.21. The van der Waals surface area contributed by atoms with Crippen molar-refractivity contribution in [2.75, 3.05) is 14.2 Å². The van der Waals surface area contributed by atoms with Crippen molar-refractivity contribution in [2.45, 2.75) is 6.18 Å².